The van der Waals surface area contributed by atoms with Gasteiger partial charge in [-0.3, -0.25) is 0 Å². The van der Waals surface area contributed by atoms with Gasteiger partial charge >= 0.3 is 6.03 Å². The lowest BCUT2D eigenvalue weighted by Gasteiger charge is -2.27. The van der Waals surface area contributed by atoms with Crippen molar-refractivity contribution in [3.05, 3.63) is 12.2 Å². The number of aliphatic hydroxyl groups is 1. The summed E-state index contributed by atoms with van der Waals surface area (Å²) in [7, 11) is 0. The van der Waals surface area contributed by atoms with Crippen LogP contribution in [0.5, 0.6) is 0 Å². The minimum Gasteiger partial charge on any atom is -0.396 e. The van der Waals surface area contributed by atoms with Crippen molar-refractivity contribution < 1.29 is 9.90 Å². The summed E-state index contributed by atoms with van der Waals surface area (Å²) in [4.78, 5) is 14.2. The third kappa shape index (κ3) is 4.02. The molecule has 102 valence electrons. The van der Waals surface area contributed by atoms with Crippen molar-refractivity contribution in [2.24, 2.45) is 0 Å². The van der Waals surface area contributed by atoms with E-state index in [2.05, 4.69) is 17.5 Å². The van der Waals surface area contributed by atoms with Crippen molar-refractivity contribution in [2.75, 3.05) is 13.2 Å². The van der Waals surface area contributed by atoms with Gasteiger partial charge in [0.05, 0.1) is 0 Å². The Morgan fingerprint density at radius 3 is 2.72 bits per heavy atom. The molecule has 2 amide bonds. The molecule has 1 fully saturated rings. The standard InChI is InChI=1S/C14H24N2O2/c17-11-5-4-10-16(13-8-9-13)14(18)15-12-6-2-1-3-7-12/h1-2,12-13,17H,3-11H2,(H,15,18). The number of carbonyl (C=O) groups is 1. The molecule has 0 radical (unpaired) electrons. The molecule has 0 aromatic carbocycles. The molecular weight excluding hydrogens is 228 g/mol. The summed E-state index contributed by atoms with van der Waals surface area (Å²) < 4.78 is 0. The van der Waals surface area contributed by atoms with E-state index in [1.54, 1.807) is 0 Å². The normalized spacial score (nSPS) is 22.8. The first-order chi connectivity index (χ1) is 8.81. The van der Waals surface area contributed by atoms with Gasteiger partial charge in [0.1, 0.15) is 0 Å². The quantitative estimate of drug-likeness (QED) is 0.561. The summed E-state index contributed by atoms with van der Waals surface area (Å²) in [6.07, 6.45) is 11.4. The maximum absolute atomic E-state index is 12.2. The molecule has 0 aliphatic heterocycles. The highest BCUT2D eigenvalue weighted by Gasteiger charge is 2.32. The second-order valence-corrected chi connectivity index (χ2v) is 5.29. The average Bonchev–Trinajstić information content (AvgIpc) is 3.20. The van der Waals surface area contributed by atoms with Gasteiger partial charge in [0.2, 0.25) is 0 Å². The van der Waals surface area contributed by atoms with Gasteiger partial charge in [-0.2, -0.15) is 0 Å². The van der Waals surface area contributed by atoms with Crippen LogP contribution in [-0.4, -0.2) is 41.3 Å². The van der Waals surface area contributed by atoms with E-state index < -0.39 is 0 Å². The fourth-order valence-corrected chi connectivity index (χ4v) is 2.41. The predicted molar refractivity (Wildman–Crippen MR) is 71.4 cm³/mol. The van der Waals surface area contributed by atoms with Crippen LogP contribution in [0.3, 0.4) is 0 Å². The molecule has 0 saturated heterocycles. The Morgan fingerprint density at radius 1 is 1.28 bits per heavy atom. The number of aliphatic hydroxyl groups excluding tert-OH is 1. The molecule has 0 aromatic rings. The largest absolute Gasteiger partial charge is 0.396 e. The number of allylic oxidation sites excluding steroid dienone is 1. The summed E-state index contributed by atoms with van der Waals surface area (Å²) in [5.74, 6) is 0. The van der Waals surface area contributed by atoms with Gasteiger partial charge in [0.25, 0.3) is 0 Å². The van der Waals surface area contributed by atoms with E-state index in [1.165, 1.54) is 0 Å². The Balaban J connectivity index is 1.77. The molecule has 2 N–H and O–H groups in total. The zero-order valence-electron chi connectivity index (χ0n) is 11.0. The Hall–Kier alpha value is -1.03. The molecule has 4 nitrogen and oxygen atoms in total. The van der Waals surface area contributed by atoms with Crippen LogP contribution in [0, 0.1) is 0 Å². The Labute approximate surface area is 109 Å². The number of amides is 2. The smallest absolute Gasteiger partial charge is 0.317 e. The van der Waals surface area contributed by atoms with Gasteiger partial charge in [-0.05, 0) is 44.9 Å². The van der Waals surface area contributed by atoms with E-state index in [9.17, 15) is 4.79 Å². The molecule has 0 spiro atoms. The minimum absolute atomic E-state index is 0.0933. The van der Waals surface area contributed by atoms with Crippen LogP contribution in [0.1, 0.15) is 44.9 Å². The summed E-state index contributed by atoms with van der Waals surface area (Å²) in [5.41, 5.74) is 0. The van der Waals surface area contributed by atoms with Crippen LogP contribution < -0.4 is 5.32 Å². The third-order valence-electron chi connectivity index (χ3n) is 3.65. The van der Waals surface area contributed by atoms with E-state index in [1.807, 2.05) is 4.90 Å². The topological polar surface area (TPSA) is 52.6 Å². The number of hydrogen-bond donors (Lipinski definition) is 2. The van der Waals surface area contributed by atoms with Gasteiger partial charge in [0, 0.05) is 25.2 Å². The molecule has 1 atom stereocenters. The van der Waals surface area contributed by atoms with Crippen molar-refractivity contribution in [2.45, 2.75) is 57.0 Å². The predicted octanol–water partition coefficient (Wildman–Crippen LogP) is 2.04. The molecule has 1 saturated carbocycles. The van der Waals surface area contributed by atoms with Crippen molar-refractivity contribution in [1.29, 1.82) is 0 Å². The van der Waals surface area contributed by atoms with E-state index in [0.29, 0.717) is 12.1 Å². The average molecular weight is 252 g/mol. The second kappa shape index (κ2) is 6.78. The molecule has 4 heteroatoms. The molecule has 0 bridgehead atoms. The van der Waals surface area contributed by atoms with E-state index in [0.717, 1.165) is 51.5 Å². The molecule has 18 heavy (non-hydrogen) atoms. The summed E-state index contributed by atoms with van der Waals surface area (Å²) in [6, 6.07) is 0.847. The lowest BCUT2D eigenvalue weighted by atomic mass is 10.0. The highest BCUT2D eigenvalue weighted by molar-refractivity contribution is 5.75. The second-order valence-electron chi connectivity index (χ2n) is 5.29. The van der Waals surface area contributed by atoms with Gasteiger partial charge in [0.15, 0.2) is 0 Å². The van der Waals surface area contributed by atoms with Crippen LogP contribution in [0.2, 0.25) is 0 Å². The number of nitrogens with zero attached hydrogens (tertiary/aromatic N) is 1. The van der Waals surface area contributed by atoms with Crippen LogP contribution >= 0.6 is 0 Å². The molecule has 0 heterocycles. The lowest BCUT2D eigenvalue weighted by molar-refractivity contribution is 0.186. The number of carbonyl (C=O) groups excluding carboxylic acids is 1. The van der Waals surface area contributed by atoms with E-state index in [4.69, 9.17) is 5.11 Å². The van der Waals surface area contributed by atoms with Gasteiger partial charge in [-0.15, -0.1) is 0 Å². The van der Waals surface area contributed by atoms with Crippen LogP contribution in [0.25, 0.3) is 0 Å². The Morgan fingerprint density at radius 2 is 2.11 bits per heavy atom. The fourth-order valence-electron chi connectivity index (χ4n) is 2.41. The number of nitrogens with one attached hydrogen (secondary N) is 1. The molecule has 2 aliphatic carbocycles. The Kier molecular flexibility index (Phi) is 5.05. The van der Waals surface area contributed by atoms with Gasteiger partial charge in [-0.25, -0.2) is 4.79 Å². The van der Waals surface area contributed by atoms with Crippen LogP contribution in [0.15, 0.2) is 12.2 Å². The molecule has 2 aliphatic rings. The van der Waals surface area contributed by atoms with Crippen molar-refractivity contribution in [1.82, 2.24) is 10.2 Å². The molecule has 1 unspecified atom stereocenters. The number of rotatable bonds is 6. The highest BCUT2D eigenvalue weighted by atomic mass is 16.3. The first kappa shape index (κ1) is 13.4. The van der Waals surface area contributed by atoms with E-state index >= 15 is 0 Å². The monoisotopic (exact) mass is 252 g/mol. The minimum atomic E-state index is 0.0933. The van der Waals surface area contributed by atoms with Gasteiger partial charge < -0.3 is 15.3 Å². The lowest BCUT2D eigenvalue weighted by Crippen LogP contribution is -2.46. The van der Waals surface area contributed by atoms with Crippen LogP contribution in [0.4, 0.5) is 4.79 Å². The number of urea groups is 1. The third-order valence-corrected chi connectivity index (χ3v) is 3.65. The first-order valence-corrected chi connectivity index (χ1v) is 7.14. The van der Waals surface area contributed by atoms with E-state index in [-0.39, 0.29) is 12.6 Å². The maximum atomic E-state index is 12.2. The molecule has 2 rings (SSSR count). The highest BCUT2D eigenvalue weighted by Crippen LogP contribution is 2.27. The molecule has 0 aromatic heterocycles. The maximum Gasteiger partial charge on any atom is 0.317 e. The fraction of sp³-hybridized carbons (Fsp3) is 0.786. The van der Waals surface area contributed by atoms with Crippen molar-refractivity contribution in [3.8, 4) is 0 Å². The number of hydrogen-bond acceptors (Lipinski definition) is 2. The summed E-state index contributed by atoms with van der Waals surface area (Å²) in [5, 5.41) is 11.9. The zero-order chi connectivity index (χ0) is 12.8. The summed E-state index contributed by atoms with van der Waals surface area (Å²) >= 11 is 0. The summed E-state index contributed by atoms with van der Waals surface area (Å²) in [6.45, 7) is 0.993. The first-order valence-electron chi connectivity index (χ1n) is 7.14. The van der Waals surface area contributed by atoms with Crippen LogP contribution in [-0.2, 0) is 0 Å². The number of unbranched alkanes of at least 4 members (excludes halogenated alkanes) is 1. The zero-order valence-corrected chi connectivity index (χ0v) is 11.0. The van der Waals surface area contributed by atoms with Gasteiger partial charge in [-0.1, -0.05) is 12.2 Å². The molecular formula is C14H24N2O2. The SMILES string of the molecule is O=C(NC1CC=CCC1)N(CCCCO)C1CC1. The van der Waals surface area contributed by atoms with Crippen molar-refractivity contribution in [3.63, 3.8) is 0 Å². The Bertz CT molecular complexity index is 300. The van der Waals surface area contributed by atoms with Crippen molar-refractivity contribution >= 4 is 6.03 Å².